The van der Waals surface area contributed by atoms with Crippen LogP contribution in [0.5, 0.6) is 0 Å². The van der Waals surface area contributed by atoms with Crippen molar-refractivity contribution in [2.75, 3.05) is 40.3 Å². The van der Waals surface area contributed by atoms with Crippen molar-refractivity contribution in [2.24, 2.45) is 0 Å². The third-order valence-electron chi connectivity index (χ3n) is 2.37. The van der Waals surface area contributed by atoms with Gasteiger partial charge in [0.25, 0.3) is 0 Å². The molecule has 0 rings (SSSR count). The van der Waals surface area contributed by atoms with Crippen molar-refractivity contribution in [3.05, 3.63) is 12.2 Å². The number of rotatable bonds is 7. The first-order valence-electron chi connectivity index (χ1n) is 5.64. The third-order valence-corrected chi connectivity index (χ3v) is 2.37. The molecule has 0 saturated carbocycles. The number of likely N-dealkylation sites (N-methyl/N-ethyl adjacent to an activating group) is 1. The number of esters is 1. The molecule has 5 nitrogen and oxygen atoms in total. The smallest absolute Gasteiger partial charge is 0.333 e. The van der Waals surface area contributed by atoms with Crippen molar-refractivity contribution in [2.45, 2.75) is 13.8 Å². The topological polar surface area (TPSA) is 55.4 Å². The lowest BCUT2D eigenvalue weighted by atomic mass is 10.3. The summed E-state index contributed by atoms with van der Waals surface area (Å²) in [5.74, 6) is -0.384. The van der Waals surface area contributed by atoms with Crippen molar-refractivity contribution < 1.29 is 18.8 Å². The summed E-state index contributed by atoms with van der Waals surface area (Å²) in [6, 6.07) is 0. The Bertz CT molecular complexity index is 298. The largest absolute Gasteiger partial charge is 0.456 e. The molecule has 0 bridgehead atoms. The Morgan fingerprint density at radius 3 is 2.29 bits per heavy atom. The zero-order valence-electron chi connectivity index (χ0n) is 11.2. The van der Waals surface area contributed by atoms with Crippen LogP contribution >= 0.6 is 0 Å². The van der Waals surface area contributed by atoms with E-state index in [-0.39, 0.29) is 11.9 Å². The summed E-state index contributed by atoms with van der Waals surface area (Å²) in [5.41, 5.74) is 0.411. The van der Waals surface area contributed by atoms with Crippen LogP contribution in [0, 0.1) is 0 Å². The van der Waals surface area contributed by atoms with Crippen LogP contribution in [0.2, 0.25) is 0 Å². The Balaban J connectivity index is 3.81. The fourth-order valence-corrected chi connectivity index (χ4v) is 1.16. The summed E-state index contributed by atoms with van der Waals surface area (Å²) in [5, 5.41) is 2.74. The lowest BCUT2D eigenvalue weighted by Gasteiger charge is -2.29. The Labute approximate surface area is 103 Å². The molecule has 0 saturated heterocycles. The molecule has 0 spiro atoms. The highest BCUT2D eigenvalue weighted by Gasteiger charge is 2.15. The fraction of sp³-hybridized carbons (Fsp3) is 0.667. The van der Waals surface area contributed by atoms with E-state index in [1.165, 1.54) is 6.92 Å². The Morgan fingerprint density at radius 2 is 1.82 bits per heavy atom. The molecule has 0 aromatic carbocycles. The van der Waals surface area contributed by atoms with E-state index in [4.69, 9.17) is 4.74 Å². The van der Waals surface area contributed by atoms with Gasteiger partial charge in [-0.2, -0.15) is 0 Å². The molecule has 98 valence electrons. The maximum absolute atomic E-state index is 11.1. The standard InChI is InChI=1S/C12H22N2O3/c1-10(2)12(16)17-9-8-14(4,5)7-6-13-11(3)15/h1,6-9H2,2-5H3/p+1. The first-order valence-corrected chi connectivity index (χ1v) is 5.64. The minimum atomic E-state index is -0.355. The Hall–Kier alpha value is -1.36. The van der Waals surface area contributed by atoms with Gasteiger partial charge >= 0.3 is 5.97 Å². The number of ether oxygens (including phenoxy) is 1. The molecule has 0 radical (unpaired) electrons. The van der Waals surface area contributed by atoms with Crippen LogP contribution < -0.4 is 5.32 Å². The minimum Gasteiger partial charge on any atom is -0.456 e. The Morgan fingerprint density at radius 1 is 1.24 bits per heavy atom. The molecule has 0 atom stereocenters. The number of amides is 1. The molecule has 1 amide bonds. The van der Waals surface area contributed by atoms with Gasteiger partial charge in [-0.3, -0.25) is 4.79 Å². The number of nitrogens with zero attached hydrogens (tertiary/aromatic N) is 1. The second-order valence-electron chi connectivity index (χ2n) is 4.78. The van der Waals surface area contributed by atoms with Gasteiger partial charge in [0.05, 0.1) is 27.2 Å². The van der Waals surface area contributed by atoms with Crippen LogP contribution in [0.25, 0.3) is 0 Å². The summed E-state index contributed by atoms with van der Waals surface area (Å²) in [6.07, 6.45) is 0. The summed E-state index contributed by atoms with van der Waals surface area (Å²) in [6.45, 7) is 9.12. The minimum absolute atomic E-state index is 0.0290. The van der Waals surface area contributed by atoms with E-state index in [0.717, 1.165) is 6.54 Å². The van der Waals surface area contributed by atoms with Gasteiger partial charge in [0.1, 0.15) is 13.2 Å². The predicted molar refractivity (Wildman–Crippen MR) is 66.3 cm³/mol. The van der Waals surface area contributed by atoms with E-state index < -0.39 is 0 Å². The second kappa shape index (κ2) is 7.06. The summed E-state index contributed by atoms with van der Waals surface area (Å²) in [7, 11) is 4.05. The normalized spacial score (nSPS) is 10.8. The van der Waals surface area contributed by atoms with Gasteiger partial charge in [-0.25, -0.2) is 4.79 Å². The van der Waals surface area contributed by atoms with E-state index >= 15 is 0 Å². The number of nitrogens with one attached hydrogen (secondary N) is 1. The molecule has 0 aliphatic heterocycles. The maximum atomic E-state index is 11.1. The SMILES string of the molecule is C=C(C)C(=O)OCC[N+](C)(C)CCNC(C)=O. The van der Waals surface area contributed by atoms with Crippen LogP contribution in [0.1, 0.15) is 13.8 Å². The number of quaternary nitrogens is 1. The lowest BCUT2D eigenvalue weighted by molar-refractivity contribution is -0.889. The van der Waals surface area contributed by atoms with Gasteiger partial charge in [0.2, 0.25) is 5.91 Å². The number of carbonyl (C=O) groups excluding carboxylic acids is 2. The molecule has 0 aromatic rings. The van der Waals surface area contributed by atoms with Crippen molar-refractivity contribution >= 4 is 11.9 Å². The Kier molecular flexibility index (Phi) is 6.50. The molecular formula is C12H23N2O3+. The van der Waals surface area contributed by atoms with E-state index in [2.05, 4.69) is 11.9 Å². The highest BCUT2D eigenvalue weighted by molar-refractivity contribution is 5.86. The van der Waals surface area contributed by atoms with Crippen LogP contribution in [-0.4, -0.2) is 56.7 Å². The van der Waals surface area contributed by atoms with Crippen LogP contribution in [-0.2, 0) is 14.3 Å². The van der Waals surface area contributed by atoms with Gasteiger partial charge in [0.15, 0.2) is 0 Å². The predicted octanol–water partition coefficient (Wildman–Crippen LogP) is 0.318. The van der Waals surface area contributed by atoms with Gasteiger partial charge in [-0.1, -0.05) is 6.58 Å². The van der Waals surface area contributed by atoms with E-state index in [1.54, 1.807) is 6.92 Å². The average molecular weight is 243 g/mol. The quantitative estimate of drug-likeness (QED) is 0.398. The van der Waals surface area contributed by atoms with Crippen LogP contribution in [0.4, 0.5) is 0 Å². The molecule has 0 aliphatic rings. The molecule has 5 heteroatoms. The van der Waals surface area contributed by atoms with E-state index in [9.17, 15) is 9.59 Å². The number of hydrogen-bond acceptors (Lipinski definition) is 3. The first kappa shape index (κ1) is 15.6. The van der Waals surface area contributed by atoms with E-state index in [0.29, 0.717) is 29.8 Å². The van der Waals surface area contributed by atoms with Gasteiger partial charge in [-0.05, 0) is 6.92 Å². The van der Waals surface area contributed by atoms with Crippen molar-refractivity contribution in [3.63, 3.8) is 0 Å². The second-order valence-corrected chi connectivity index (χ2v) is 4.78. The molecule has 0 fully saturated rings. The number of hydrogen-bond donors (Lipinski definition) is 1. The lowest BCUT2D eigenvalue weighted by Crippen LogP contribution is -2.47. The van der Waals surface area contributed by atoms with Crippen molar-refractivity contribution in [3.8, 4) is 0 Å². The van der Waals surface area contributed by atoms with E-state index in [1.807, 2.05) is 14.1 Å². The molecule has 17 heavy (non-hydrogen) atoms. The molecule has 0 unspecified atom stereocenters. The monoisotopic (exact) mass is 243 g/mol. The molecular weight excluding hydrogens is 220 g/mol. The highest BCUT2D eigenvalue weighted by atomic mass is 16.5. The number of carbonyl (C=O) groups is 2. The van der Waals surface area contributed by atoms with Crippen LogP contribution in [0.3, 0.4) is 0 Å². The van der Waals surface area contributed by atoms with Crippen molar-refractivity contribution in [1.82, 2.24) is 5.32 Å². The van der Waals surface area contributed by atoms with Gasteiger partial charge in [0, 0.05) is 12.5 Å². The molecule has 0 heterocycles. The average Bonchev–Trinajstić information content (AvgIpc) is 2.15. The molecule has 0 aliphatic carbocycles. The zero-order chi connectivity index (χ0) is 13.5. The third kappa shape index (κ3) is 8.45. The summed E-state index contributed by atoms with van der Waals surface area (Å²) >= 11 is 0. The summed E-state index contributed by atoms with van der Waals surface area (Å²) < 4.78 is 5.71. The van der Waals surface area contributed by atoms with Gasteiger partial charge in [-0.15, -0.1) is 0 Å². The highest BCUT2D eigenvalue weighted by Crippen LogP contribution is 1.98. The molecule has 0 aromatic heterocycles. The molecule has 1 N–H and O–H groups in total. The summed E-state index contributed by atoms with van der Waals surface area (Å²) in [4.78, 5) is 21.9. The fourth-order valence-electron chi connectivity index (χ4n) is 1.16. The zero-order valence-corrected chi connectivity index (χ0v) is 11.2. The maximum Gasteiger partial charge on any atom is 0.333 e. The van der Waals surface area contributed by atoms with Crippen LogP contribution in [0.15, 0.2) is 12.2 Å². The first-order chi connectivity index (χ1) is 7.74. The van der Waals surface area contributed by atoms with Crippen molar-refractivity contribution in [1.29, 1.82) is 0 Å². The van der Waals surface area contributed by atoms with Gasteiger partial charge < -0.3 is 14.5 Å².